The normalized spacial score (nSPS) is 23.6. The number of likely N-dealkylation sites (tertiary alicyclic amines) is 1. The summed E-state index contributed by atoms with van der Waals surface area (Å²) in [6.45, 7) is 12.6. The predicted octanol–water partition coefficient (Wildman–Crippen LogP) is -0.0155. The molecule has 7 heteroatoms. The van der Waals surface area contributed by atoms with Crippen LogP contribution in [0.2, 0.25) is 0 Å². The highest BCUT2D eigenvalue weighted by Crippen LogP contribution is 2.16. The maximum absolute atomic E-state index is 5.39. The second-order valence-corrected chi connectivity index (χ2v) is 6.43. The third-order valence-corrected chi connectivity index (χ3v) is 4.71. The van der Waals surface area contributed by atoms with Gasteiger partial charge in [0.05, 0.1) is 26.4 Å². The second kappa shape index (κ2) is 11.6. The Morgan fingerprint density at radius 2 is 2.04 bits per heavy atom. The number of ether oxygens (including phenoxy) is 2. The van der Waals surface area contributed by atoms with Crippen LogP contribution in [0, 0.1) is 0 Å². The van der Waals surface area contributed by atoms with Crippen LogP contribution < -0.4 is 10.6 Å². The molecule has 1 atom stereocenters. The van der Waals surface area contributed by atoms with Crippen molar-refractivity contribution in [2.75, 3.05) is 79.3 Å². The molecule has 2 fully saturated rings. The minimum Gasteiger partial charge on any atom is -0.383 e. The van der Waals surface area contributed by atoms with E-state index in [0.29, 0.717) is 6.04 Å². The quantitative estimate of drug-likeness (QED) is 0.454. The molecule has 0 saturated carbocycles. The summed E-state index contributed by atoms with van der Waals surface area (Å²) >= 11 is 0. The summed E-state index contributed by atoms with van der Waals surface area (Å²) in [6.07, 6.45) is 2.51. The van der Waals surface area contributed by atoms with E-state index >= 15 is 0 Å². The summed E-state index contributed by atoms with van der Waals surface area (Å²) in [7, 11) is 1.77. The van der Waals surface area contributed by atoms with Gasteiger partial charge in [0.15, 0.2) is 5.96 Å². The van der Waals surface area contributed by atoms with E-state index in [0.717, 1.165) is 71.6 Å². The second-order valence-electron chi connectivity index (χ2n) is 6.43. The summed E-state index contributed by atoms with van der Waals surface area (Å²) in [4.78, 5) is 9.74. The van der Waals surface area contributed by atoms with Crippen molar-refractivity contribution in [1.82, 2.24) is 20.4 Å². The zero-order valence-electron chi connectivity index (χ0n) is 15.4. The van der Waals surface area contributed by atoms with Crippen molar-refractivity contribution in [3.8, 4) is 0 Å². The molecule has 0 aliphatic carbocycles. The molecule has 2 aliphatic rings. The minimum atomic E-state index is 0.551. The largest absolute Gasteiger partial charge is 0.383 e. The average molecular weight is 342 g/mol. The molecule has 2 rings (SSSR count). The Bertz CT molecular complexity index is 361. The van der Waals surface area contributed by atoms with E-state index in [4.69, 9.17) is 14.5 Å². The molecule has 2 heterocycles. The number of nitrogens with zero attached hydrogens (tertiary/aromatic N) is 3. The van der Waals surface area contributed by atoms with E-state index in [9.17, 15) is 0 Å². The molecule has 0 bridgehead atoms. The molecular formula is C17H35N5O2. The van der Waals surface area contributed by atoms with Gasteiger partial charge in [-0.05, 0) is 26.3 Å². The van der Waals surface area contributed by atoms with Crippen molar-refractivity contribution in [2.24, 2.45) is 4.99 Å². The molecule has 140 valence electrons. The number of hydrogen-bond acceptors (Lipinski definition) is 5. The first-order chi connectivity index (χ1) is 11.8. The Morgan fingerprint density at radius 1 is 1.21 bits per heavy atom. The lowest BCUT2D eigenvalue weighted by Gasteiger charge is -2.27. The monoisotopic (exact) mass is 341 g/mol. The van der Waals surface area contributed by atoms with Crippen LogP contribution in [0.3, 0.4) is 0 Å². The topological polar surface area (TPSA) is 61.4 Å². The van der Waals surface area contributed by atoms with Gasteiger partial charge in [0, 0.05) is 52.4 Å². The van der Waals surface area contributed by atoms with E-state index in [-0.39, 0.29) is 0 Å². The summed E-state index contributed by atoms with van der Waals surface area (Å²) in [5.74, 6) is 0.935. The van der Waals surface area contributed by atoms with E-state index in [1.165, 1.54) is 19.4 Å². The van der Waals surface area contributed by atoms with E-state index < -0.39 is 0 Å². The number of nitrogens with one attached hydrogen (secondary N) is 2. The molecule has 7 nitrogen and oxygen atoms in total. The van der Waals surface area contributed by atoms with Gasteiger partial charge >= 0.3 is 0 Å². The van der Waals surface area contributed by atoms with Gasteiger partial charge in [-0.3, -0.25) is 14.8 Å². The predicted molar refractivity (Wildman–Crippen MR) is 97.7 cm³/mol. The fraction of sp³-hybridized carbons (Fsp3) is 0.941. The minimum absolute atomic E-state index is 0.551. The fourth-order valence-corrected chi connectivity index (χ4v) is 3.30. The Hall–Kier alpha value is -0.890. The molecule has 2 saturated heterocycles. The van der Waals surface area contributed by atoms with Crippen molar-refractivity contribution in [2.45, 2.75) is 25.8 Å². The Labute approximate surface area is 146 Å². The molecular weight excluding hydrogens is 306 g/mol. The molecule has 0 aromatic heterocycles. The van der Waals surface area contributed by atoms with Gasteiger partial charge in [0.1, 0.15) is 0 Å². The Kier molecular flexibility index (Phi) is 9.42. The van der Waals surface area contributed by atoms with Gasteiger partial charge in [-0.25, -0.2) is 0 Å². The summed E-state index contributed by atoms with van der Waals surface area (Å²) in [5.41, 5.74) is 0. The molecule has 0 aromatic rings. The van der Waals surface area contributed by atoms with Crippen LogP contribution in [0.15, 0.2) is 4.99 Å². The van der Waals surface area contributed by atoms with Crippen molar-refractivity contribution in [3.05, 3.63) is 0 Å². The molecule has 0 radical (unpaired) electrons. The highest BCUT2D eigenvalue weighted by molar-refractivity contribution is 5.79. The third-order valence-electron chi connectivity index (χ3n) is 4.71. The number of guanidine groups is 1. The SMILES string of the molecule is CCNC(=NCC1CCCN1CCOC)NCCN1CCOCC1. The highest BCUT2D eigenvalue weighted by Gasteiger charge is 2.23. The first-order valence-electron chi connectivity index (χ1n) is 9.38. The van der Waals surface area contributed by atoms with Gasteiger partial charge in [-0.15, -0.1) is 0 Å². The molecule has 24 heavy (non-hydrogen) atoms. The zero-order chi connectivity index (χ0) is 17.0. The maximum Gasteiger partial charge on any atom is 0.191 e. The van der Waals surface area contributed by atoms with E-state index in [1.807, 2.05) is 0 Å². The molecule has 2 N–H and O–H groups in total. The van der Waals surface area contributed by atoms with Gasteiger partial charge in [-0.1, -0.05) is 0 Å². The number of hydrogen-bond donors (Lipinski definition) is 2. The lowest BCUT2D eigenvalue weighted by atomic mass is 10.2. The highest BCUT2D eigenvalue weighted by atomic mass is 16.5. The molecule has 1 unspecified atom stereocenters. The van der Waals surface area contributed by atoms with Crippen LogP contribution in [0.25, 0.3) is 0 Å². The first kappa shape index (κ1) is 19.4. The fourth-order valence-electron chi connectivity index (χ4n) is 3.30. The first-order valence-corrected chi connectivity index (χ1v) is 9.38. The molecule has 0 spiro atoms. The van der Waals surface area contributed by atoms with Crippen molar-refractivity contribution in [3.63, 3.8) is 0 Å². The standard InChI is InChI=1S/C17H35N5O2/c1-3-18-17(19-6-8-21-9-13-24-14-10-21)20-15-16-5-4-7-22(16)11-12-23-2/h16H,3-15H2,1-2H3,(H2,18,19,20). The maximum atomic E-state index is 5.39. The van der Waals surface area contributed by atoms with Crippen LogP contribution in [-0.2, 0) is 9.47 Å². The molecule has 2 aliphatic heterocycles. The van der Waals surface area contributed by atoms with Crippen molar-refractivity contribution < 1.29 is 9.47 Å². The van der Waals surface area contributed by atoms with E-state index in [1.54, 1.807) is 7.11 Å². The van der Waals surface area contributed by atoms with Crippen LogP contribution in [0.5, 0.6) is 0 Å². The van der Waals surface area contributed by atoms with Gasteiger partial charge in [-0.2, -0.15) is 0 Å². The van der Waals surface area contributed by atoms with Crippen molar-refractivity contribution >= 4 is 5.96 Å². The van der Waals surface area contributed by atoms with Crippen molar-refractivity contribution in [1.29, 1.82) is 0 Å². The number of methoxy groups -OCH3 is 1. The van der Waals surface area contributed by atoms with Gasteiger partial charge < -0.3 is 20.1 Å². The lowest BCUT2D eigenvalue weighted by molar-refractivity contribution is 0.0389. The average Bonchev–Trinajstić information content (AvgIpc) is 3.06. The third kappa shape index (κ3) is 6.93. The Balaban J connectivity index is 1.72. The smallest absolute Gasteiger partial charge is 0.191 e. The van der Waals surface area contributed by atoms with Gasteiger partial charge in [0.25, 0.3) is 0 Å². The summed E-state index contributed by atoms with van der Waals surface area (Å²) < 4.78 is 10.6. The van der Waals surface area contributed by atoms with Crippen LogP contribution >= 0.6 is 0 Å². The summed E-state index contributed by atoms with van der Waals surface area (Å²) in [6, 6.07) is 0.551. The van der Waals surface area contributed by atoms with Crippen LogP contribution in [0.1, 0.15) is 19.8 Å². The molecule has 0 aromatic carbocycles. The zero-order valence-corrected chi connectivity index (χ0v) is 15.4. The number of aliphatic imine (C=N–C) groups is 1. The number of rotatable bonds is 9. The van der Waals surface area contributed by atoms with Crippen LogP contribution in [0.4, 0.5) is 0 Å². The molecule has 0 amide bonds. The van der Waals surface area contributed by atoms with E-state index in [2.05, 4.69) is 27.4 Å². The van der Waals surface area contributed by atoms with Crippen LogP contribution in [-0.4, -0.2) is 101 Å². The Morgan fingerprint density at radius 3 is 2.79 bits per heavy atom. The number of morpholine rings is 1. The van der Waals surface area contributed by atoms with Gasteiger partial charge in [0.2, 0.25) is 0 Å². The lowest BCUT2D eigenvalue weighted by Crippen LogP contribution is -2.45. The summed E-state index contributed by atoms with van der Waals surface area (Å²) in [5, 5.41) is 6.82.